The van der Waals surface area contributed by atoms with Gasteiger partial charge in [-0.2, -0.15) is 0 Å². The molecule has 0 radical (unpaired) electrons. The van der Waals surface area contributed by atoms with Crippen molar-refractivity contribution in [1.29, 1.82) is 0 Å². The van der Waals surface area contributed by atoms with Crippen molar-refractivity contribution in [3.05, 3.63) is 40.7 Å². The first kappa shape index (κ1) is 18.3. The lowest BCUT2D eigenvalue weighted by molar-refractivity contribution is 0.0953. The number of amides is 1. The van der Waals surface area contributed by atoms with E-state index < -0.39 is 0 Å². The lowest BCUT2D eigenvalue weighted by atomic mass is 10.2. The molecule has 3 rings (SSSR count). The highest BCUT2D eigenvalue weighted by Gasteiger charge is 2.23. The number of halogens is 1. The average Bonchev–Trinajstić information content (AvgIpc) is 3.28. The van der Waals surface area contributed by atoms with Crippen LogP contribution in [0.4, 0.5) is 0 Å². The highest BCUT2D eigenvalue weighted by molar-refractivity contribution is 7.98. The first-order valence-electron chi connectivity index (χ1n) is 8.70. The number of rotatable bonds is 7. The van der Waals surface area contributed by atoms with Crippen LogP contribution in [0.1, 0.15) is 54.3 Å². The van der Waals surface area contributed by atoms with Gasteiger partial charge in [-0.3, -0.25) is 4.79 Å². The third-order valence-corrected chi connectivity index (χ3v) is 5.47. The second-order valence-corrected chi connectivity index (χ2v) is 7.49. The second-order valence-electron chi connectivity index (χ2n) is 6.28. The van der Waals surface area contributed by atoms with Crippen molar-refractivity contribution in [2.45, 2.75) is 49.7 Å². The van der Waals surface area contributed by atoms with Crippen molar-refractivity contribution in [2.24, 2.45) is 0 Å². The number of nitrogens with one attached hydrogen (secondary N) is 1. The summed E-state index contributed by atoms with van der Waals surface area (Å²) in [6.07, 6.45) is 8.72. The standard InChI is InChI=1S/C18H23ClN4OS/c1-25-18-22-21-16(23(18)15-5-2-3-6-15)7-4-12-20-17(24)13-8-10-14(19)11-9-13/h8-11,15H,2-7,12H2,1H3,(H,20,24). The summed E-state index contributed by atoms with van der Waals surface area (Å²) >= 11 is 7.50. The van der Waals surface area contributed by atoms with E-state index in [9.17, 15) is 4.79 Å². The summed E-state index contributed by atoms with van der Waals surface area (Å²) in [7, 11) is 0. The molecule has 0 bridgehead atoms. The van der Waals surface area contributed by atoms with Gasteiger partial charge in [-0.05, 0) is 49.8 Å². The second kappa shape index (κ2) is 8.72. The summed E-state index contributed by atoms with van der Waals surface area (Å²) in [6.45, 7) is 0.619. The maximum atomic E-state index is 12.1. The Morgan fingerprint density at radius 2 is 2.00 bits per heavy atom. The molecule has 2 aromatic rings. The summed E-state index contributed by atoms with van der Waals surface area (Å²) in [6, 6.07) is 7.46. The fourth-order valence-corrected chi connectivity index (χ4v) is 4.00. The van der Waals surface area contributed by atoms with Gasteiger partial charge in [-0.15, -0.1) is 10.2 Å². The zero-order valence-corrected chi connectivity index (χ0v) is 15.9. The molecule has 1 aromatic carbocycles. The maximum Gasteiger partial charge on any atom is 0.251 e. The normalized spacial score (nSPS) is 14.8. The number of carbonyl (C=O) groups excluding carboxylic acids is 1. The molecule has 0 atom stereocenters. The van der Waals surface area contributed by atoms with Gasteiger partial charge < -0.3 is 9.88 Å². The number of aryl methyl sites for hydroxylation is 1. The van der Waals surface area contributed by atoms with E-state index in [1.807, 2.05) is 6.26 Å². The number of aromatic nitrogens is 3. The summed E-state index contributed by atoms with van der Waals surface area (Å²) in [4.78, 5) is 12.1. The van der Waals surface area contributed by atoms with E-state index in [0.29, 0.717) is 23.2 Å². The summed E-state index contributed by atoms with van der Waals surface area (Å²) in [5.74, 6) is 0.968. The number of nitrogens with zero attached hydrogens (tertiary/aromatic N) is 3. The smallest absolute Gasteiger partial charge is 0.251 e. The van der Waals surface area contributed by atoms with Crippen LogP contribution in [0.3, 0.4) is 0 Å². The van der Waals surface area contributed by atoms with Crippen molar-refractivity contribution in [2.75, 3.05) is 12.8 Å². The Hall–Kier alpha value is -1.53. The molecule has 1 aliphatic rings. The van der Waals surface area contributed by atoms with Crippen LogP contribution in [0.2, 0.25) is 5.02 Å². The van der Waals surface area contributed by atoms with Crippen LogP contribution in [0.25, 0.3) is 0 Å². The minimum atomic E-state index is -0.0706. The Balaban J connectivity index is 1.53. The van der Waals surface area contributed by atoms with E-state index in [1.54, 1.807) is 36.0 Å². The first-order valence-corrected chi connectivity index (χ1v) is 10.3. The van der Waals surface area contributed by atoms with Crippen molar-refractivity contribution < 1.29 is 4.79 Å². The van der Waals surface area contributed by atoms with Gasteiger partial charge in [-0.25, -0.2) is 0 Å². The van der Waals surface area contributed by atoms with Crippen molar-refractivity contribution in [1.82, 2.24) is 20.1 Å². The monoisotopic (exact) mass is 378 g/mol. The Labute approximate surface area is 157 Å². The van der Waals surface area contributed by atoms with Crippen molar-refractivity contribution in [3.63, 3.8) is 0 Å². The van der Waals surface area contributed by atoms with E-state index in [0.717, 1.165) is 23.8 Å². The van der Waals surface area contributed by atoms with E-state index in [-0.39, 0.29) is 5.91 Å². The molecule has 1 heterocycles. The summed E-state index contributed by atoms with van der Waals surface area (Å²) in [5.41, 5.74) is 0.628. The molecule has 25 heavy (non-hydrogen) atoms. The molecule has 1 aromatic heterocycles. The van der Waals surface area contributed by atoms with Gasteiger partial charge in [0.2, 0.25) is 0 Å². The number of benzene rings is 1. The van der Waals surface area contributed by atoms with E-state index in [4.69, 9.17) is 11.6 Å². The van der Waals surface area contributed by atoms with Crippen LogP contribution >= 0.6 is 23.4 Å². The van der Waals surface area contributed by atoms with Crippen LogP contribution < -0.4 is 5.32 Å². The fraction of sp³-hybridized carbons (Fsp3) is 0.500. The fourth-order valence-electron chi connectivity index (χ4n) is 3.30. The molecule has 1 fully saturated rings. The SMILES string of the molecule is CSc1nnc(CCCNC(=O)c2ccc(Cl)cc2)n1C1CCCC1. The lowest BCUT2D eigenvalue weighted by Crippen LogP contribution is -2.25. The van der Waals surface area contributed by atoms with Crippen molar-refractivity contribution >= 4 is 29.3 Å². The van der Waals surface area contributed by atoms with E-state index >= 15 is 0 Å². The van der Waals surface area contributed by atoms with Crippen LogP contribution in [-0.2, 0) is 6.42 Å². The van der Waals surface area contributed by atoms with Crippen LogP contribution in [0, 0.1) is 0 Å². The summed E-state index contributed by atoms with van der Waals surface area (Å²) < 4.78 is 2.32. The predicted molar refractivity (Wildman–Crippen MR) is 101 cm³/mol. The van der Waals surface area contributed by atoms with Crippen LogP contribution in [0.5, 0.6) is 0 Å². The van der Waals surface area contributed by atoms with Gasteiger partial charge in [0.05, 0.1) is 0 Å². The van der Waals surface area contributed by atoms with Gasteiger partial charge in [0.15, 0.2) is 5.16 Å². The molecular formula is C18H23ClN4OS. The van der Waals surface area contributed by atoms with Gasteiger partial charge in [0, 0.05) is 29.6 Å². The van der Waals surface area contributed by atoms with Gasteiger partial charge in [0.1, 0.15) is 5.82 Å². The third kappa shape index (κ3) is 4.55. The summed E-state index contributed by atoms with van der Waals surface area (Å²) in [5, 5.41) is 13.3. The highest BCUT2D eigenvalue weighted by atomic mass is 35.5. The van der Waals surface area contributed by atoms with Crippen LogP contribution in [-0.4, -0.2) is 33.5 Å². The zero-order valence-electron chi connectivity index (χ0n) is 14.4. The quantitative estimate of drug-likeness (QED) is 0.581. The number of hydrogen-bond acceptors (Lipinski definition) is 4. The topological polar surface area (TPSA) is 59.8 Å². The first-order chi connectivity index (χ1) is 12.2. The van der Waals surface area contributed by atoms with Crippen LogP contribution in [0.15, 0.2) is 29.4 Å². The molecular weight excluding hydrogens is 356 g/mol. The third-order valence-electron chi connectivity index (χ3n) is 4.58. The molecule has 1 aliphatic carbocycles. The van der Waals surface area contributed by atoms with E-state index in [1.165, 1.54) is 25.7 Å². The molecule has 1 amide bonds. The highest BCUT2D eigenvalue weighted by Crippen LogP contribution is 2.33. The average molecular weight is 379 g/mol. The molecule has 0 spiro atoms. The minimum absolute atomic E-state index is 0.0706. The predicted octanol–water partition coefficient (Wildman–Crippen LogP) is 4.13. The zero-order chi connectivity index (χ0) is 17.6. The molecule has 134 valence electrons. The molecule has 0 aliphatic heterocycles. The number of hydrogen-bond donors (Lipinski definition) is 1. The van der Waals surface area contributed by atoms with Gasteiger partial charge in [-0.1, -0.05) is 36.2 Å². The Morgan fingerprint density at radius 1 is 1.28 bits per heavy atom. The van der Waals surface area contributed by atoms with E-state index in [2.05, 4.69) is 20.1 Å². The van der Waals surface area contributed by atoms with Gasteiger partial charge >= 0.3 is 0 Å². The molecule has 0 unspecified atom stereocenters. The number of carbonyl (C=O) groups is 1. The molecule has 1 saturated carbocycles. The van der Waals surface area contributed by atoms with Crippen molar-refractivity contribution in [3.8, 4) is 0 Å². The Morgan fingerprint density at radius 3 is 2.68 bits per heavy atom. The largest absolute Gasteiger partial charge is 0.352 e. The Kier molecular flexibility index (Phi) is 6.37. The minimum Gasteiger partial charge on any atom is -0.352 e. The molecule has 5 nitrogen and oxygen atoms in total. The van der Waals surface area contributed by atoms with Gasteiger partial charge in [0.25, 0.3) is 5.91 Å². The maximum absolute atomic E-state index is 12.1. The molecule has 1 N–H and O–H groups in total. The molecule has 7 heteroatoms. The lowest BCUT2D eigenvalue weighted by Gasteiger charge is -2.16. The number of thioether (sulfide) groups is 1. The molecule has 0 saturated heterocycles. The Bertz CT molecular complexity index is 710.